The fourth-order valence-corrected chi connectivity index (χ4v) is 3.40. The van der Waals surface area contributed by atoms with Crippen LogP contribution in [0.2, 0.25) is 0 Å². The molecule has 0 bridgehead atoms. The van der Waals surface area contributed by atoms with Crippen LogP contribution in [-0.2, 0) is 6.54 Å². The highest BCUT2D eigenvalue weighted by atomic mass is 19.1. The van der Waals surface area contributed by atoms with Crippen LogP contribution in [0.1, 0.15) is 15.9 Å². The number of nitrogens with one attached hydrogen (secondary N) is 1. The molecule has 0 fully saturated rings. The molecule has 10 heteroatoms. The van der Waals surface area contributed by atoms with E-state index in [2.05, 4.69) is 25.6 Å². The Balaban J connectivity index is 1.16. The van der Waals surface area contributed by atoms with Gasteiger partial charge in [0.05, 0.1) is 12.9 Å². The third-order valence-electron chi connectivity index (χ3n) is 5.12. The van der Waals surface area contributed by atoms with Gasteiger partial charge in [0, 0.05) is 36.1 Å². The Morgan fingerprint density at radius 1 is 1.00 bits per heavy atom. The van der Waals surface area contributed by atoms with Crippen LogP contribution in [0, 0.1) is 5.82 Å². The molecule has 0 saturated heterocycles. The molecule has 3 aromatic heterocycles. The van der Waals surface area contributed by atoms with Gasteiger partial charge in [0.1, 0.15) is 12.4 Å². The van der Waals surface area contributed by atoms with E-state index in [4.69, 9.17) is 4.74 Å². The monoisotopic (exact) mass is 457 g/mol. The smallest absolute Gasteiger partial charge is 0.251 e. The highest BCUT2D eigenvalue weighted by Crippen LogP contribution is 2.19. The van der Waals surface area contributed by atoms with Gasteiger partial charge in [0.25, 0.3) is 5.91 Å². The van der Waals surface area contributed by atoms with Crippen molar-refractivity contribution in [2.45, 2.75) is 6.54 Å². The van der Waals surface area contributed by atoms with E-state index < -0.39 is 0 Å². The van der Waals surface area contributed by atoms with Gasteiger partial charge in [-0.25, -0.2) is 9.37 Å². The second kappa shape index (κ2) is 9.49. The normalized spacial score (nSPS) is 11.0. The van der Waals surface area contributed by atoms with Crippen molar-refractivity contribution in [1.82, 2.24) is 34.7 Å². The third kappa shape index (κ3) is 4.75. The van der Waals surface area contributed by atoms with Crippen LogP contribution >= 0.6 is 0 Å². The van der Waals surface area contributed by atoms with E-state index in [1.165, 1.54) is 16.6 Å². The van der Waals surface area contributed by atoms with Gasteiger partial charge in [-0.3, -0.25) is 4.79 Å². The summed E-state index contributed by atoms with van der Waals surface area (Å²) in [5.74, 6) is 0.319. The SMILES string of the molecule is O=C(NCCOc1ccc2nnc(-c3ccc(F)cc3)n2n1)c1ccc(Cn2ccnc2)cc1. The van der Waals surface area contributed by atoms with Crippen LogP contribution in [0.25, 0.3) is 17.0 Å². The minimum absolute atomic E-state index is 0.182. The Bertz CT molecular complexity index is 1400. The summed E-state index contributed by atoms with van der Waals surface area (Å²) in [4.78, 5) is 16.4. The molecule has 0 aliphatic carbocycles. The van der Waals surface area contributed by atoms with E-state index in [0.717, 1.165) is 5.56 Å². The number of aromatic nitrogens is 6. The number of nitrogens with zero attached hydrogens (tertiary/aromatic N) is 6. The molecule has 1 N–H and O–H groups in total. The Morgan fingerprint density at radius 2 is 1.82 bits per heavy atom. The van der Waals surface area contributed by atoms with Gasteiger partial charge in [-0.05, 0) is 48.0 Å². The van der Waals surface area contributed by atoms with Crippen molar-refractivity contribution in [3.63, 3.8) is 0 Å². The van der Waals surface area contributed by atoms with Crippen molar-refractivity contribution in [2.24, 2.45) is 0 Å². The molecule has 9 nitrogen and oxygen atoms in total. The quantitative estimate of drug-likeness (QED) is 0.360. The summed E-state index contributed by atoms with van der Waals surface area (Å²) in [5.41, 5.74) is 2.87. The number of carbonyl (C=O) groups excluding carboxylic acids is 1. The molecule has 1 amide bonds. The summed E-state index contributed by atoms with van der Waals surface area (Å²) in [6.07, 6.45) is 5.37. The van der Waals surface area contributed by atoms with E-state index in [1.807, 2.05) is 22.9 Å². The number of hydrogen-bond donors (Lipinski definition) is 1. The van der Waals surface area contributed by atoms with E-state index in [1.54, 1.807) is 48.9 Å². The van der Waals surface area contributed by atoms with E-state index in [0.29, 0.717) is 41.6 Å². The lowest BCUT2D eigenvalue weighted by atomic mass is 10.1. The summed E-state index contributed by atoms with van der Waals surface area (Å²) in [7, 11) is 0. The first-order valence-electron chi connectivity index (χ1n) is 10.6. The topological polar surface area (TPSA) is 99.2 Å². The standard InChI is InChI=1S/C24H20FN7O2/c25-20-7-5-18(6-8-20)23-29-28-21-9-10-22(30-32(21)23)34-14-12-27-24(33)19-3-1-17(2-4-19)15-31-13-11-26-16-31/h1-11,13,16H,12,14-15H2,(H,27,33). The van der Waals surface area contributed by atoms with Crippen molar-refractivity contribution in [3.05, 3.63) is 96.3 Å². The molecular formula is C24H20FN7O2. The van der Waals surface area contributed by atoms with Gasteiger partial charge < -0.3 is 14.6 Å². The molecule has 0 aliphatic rings. The van der Waals surface area contributed by atoms with Gasteiger partial charge in [0.15, 0.2) is 11.5 Å². The summed E-state index contributed by atoms with van der Waals surface area (Å²) in [6.45, 7) is 1.24. The van der Waals surface area contributed by atoms with E-state index in [9.17, 15) is 9.18 Å². The summed E-state index contributed by atoms with van der Waals surface area (Å²) in [5, 5.41) is 15.4. The lowest BCUT2D eigenvalue weighted by molar-refractivity contribution is 0.0946. The van der Waals surface area contributed by atoms with Crippen LogP contribution in [0.5, 0.6) is 5.88 Å². The molecule has 5 rings (SSSR count). The van der Waals surface area contributed by atoms with Crippen LogP contribution in [0.4, 0.5) is 4.39 Å². The fraction of sp³-hybridized carbons (Fsp3) is 0.125. The van der Waals surface area contributed by atoms with Crippen LogP contribution in [-0.4, -0.2) is 48.4 Å². The van der Waals surface area contributed by atoms with Crippen molar-refractivity contribution in [2.75, 3.05) is 13.2 Å². The summed E-state index contributed by atoms with van der Waals surface area (Å²) >= 11 is 0. The highest BCUT2D eigenvalue weighted by Gasteiger charge is 2.11. The van der Waals surface area contributed by atoms with Crippen molar-refractivity contribution in [3.8, 4) is 17.3 Å². The number of carbonyl (C=O) groups is 1. The van der Waals surface area contributed by atoms with Gasteiger partial charge in [-0.2, -0.15) is 4.52 Å². The number of ether oxygens (including phenoxy) is 1. The average Bonchev–Trinajstić information content (AvgIpc) is 3.52. The van der Waals surface area contributed by atoms with E-state index in [-0.39, 0.29) is 18.3 Å². The number of imidazole rings is 1. The first kappa shape index (κ1) is 21.3. The number of halogens is 1. The Labute approximate surface area is 193 Å². The number of fused-ring (bicyclic) bond motifs is 1. The zero-order chi connectivity index (χ0) is 23.3. The second-order valence-corrected chi connectivity index (χ2v) is 7.51. The van der Waals surface area contributed by atoms with Crippen LogP contribution in [0.3, 0.4) is 0 Å². The van der Waals surface area contributed by atoms with Crippen molar-refractivity contribution >= 4 is 11.6 Å². The van der Waals surface area contributed by atoms with Gasteiger partial charge in [-0.1, -0.05) is 12.1 Å². The molecule has 2 aromatic carbocycles. The number of amides is 1. The minimum atomic E-state index is -0.331. The highest BCUT2D eigenvalue weighted by molar-refractivity contribution is 5.94. The Morgan fingerprint density at radius 3 is 2.59 bits per heavy atom. The fourth-order valence-electron chi connectivity index (χ4n) is 3.40. The minimum Gasteiger partial charge on any atom is -0.475 e. The van der Waals surface area contributed by atoms with Gasteiger partial charge in [0.2, 0.25) is 5.88 Å². The zero-order valence-electron chi connectivity index (χ0n) is 18.0. The van der Waals surface area contributed by atoms with Crippen molar-refractivity contribution < 1.29 is 13.9 Å². The maximum atomic E-state index is 13.2. The molecule has 0 saturated carbocycles. The average molecular weight is 457 g/mol. The van der Waals surface area contributed by atoms with Crippen LogP contribution < -0.4 is 10.1 Å². The predicted molar refractivity (Wildman–Crippen MR) is 122 cm³/mol. The maximum absolute atomic E-state index is 13.2. The molecule has 5 aromatic rings. The molecule has 3 heterocycles. The number of benzene rings is 2. The van der Waals surface area contributed by atoms with E-state index >= 15 is 0 Å². The first-order valence-corrected chi connectivity index (χ1v) is 10.6. The van der Waals surface area contributed by atoms with Gasteiger partial charge in [-0.15, -0.1) is 15.3 Å². The molecule has 0 spiro atoms. The molecule has 0 aliphatic heterocycles. The molecule has 34 heavy (non-hydrogen) atoms. The molecular weight excluding hydrogens is 437 g/mol. The maximum Gasteiger partial charge on any atom is 0.251 e. The third-order valence-corrected chi connectivity index (χ3v) is 5.12. The van der Waals surface area contributed by atoms with Gasteiger partial charge >= 0.3 is 0 Å². The molecule has 0 unspecified atom stereocenters. The Hall–Kier alpha value is -4.60. The number of rotatable bonds is 8. The second-order valence-electron chi connectivity index (χ2n) is 7.51. The zero-order valence-corrected chi connectivity index (χ0v) is 18.0. The largest absolute Gasteiger partial charge is 0.475 e. The van der Waals surface area contributed by atoms with Crippen LogP contribution in [0.15, 0.2) is 79.4 Å². The predicted octanol–water partition coefficient (Wildman–Crippen LogP) is 2.98. The number of hydrogen-bond acceptors (Lipinski definition) is 6. The molecule has 0 atom stereocenters. The summed E-state index contributed by atoms with van der Waals surface area (Å²) < 4.78 is 22.4. The lowest BCUT2D eigenvalue weighted by Crippen LogP contribution is -2.28. The molecule has 170 valence electrons. The first-order chi connectivity index (χ1) is 16.7. The molecule has 0 radical (unpaired) electrons. The summed E-state index contributed by atoms with van der Waals surface area (Å²) in [6, 6.07) is 16.8. The lowest BCUT2D eigenvalue weighted by Gasteiger charge is -2.08. The van der Waals surface area contributed by atoms with Crippen molar-refractivity contribution in [1.29, 1.82) is 0 Å². The Kier molecular flexibility index (Phi) is 5.93.